The zero-order chi connectivity index (χ0) is 25.2. The van der Waals surface area contributed by atoms with Crippen LogP contribution in [0.1, 0.15) is 34.9 Å². The average molecular weight is 502 g/mol. The number of carbonyl (C=O) groups excluding carboxylic acids is 2. The number of ether oxygens (including phenoxy) is 1. The Balaban J connectivity index is 1.46. The lowest BCUT2D eigenvalue weighted by molar-refractivity contribution is -0.127. The normalized spacial score (nSPS) is 14.1. The number of hydrogen-bond donors (Lipinski definition) is 1. The van der Waals surface area contributed by atoms with Crippen LogP contribution >= 0.6 is 11.6 Å². The number of carbonyl (C=O) groups is 2. The zero-order valence-electron chi connectivity index (χ0n) is 19.4. The van der Waals surface area contributed by atoms with Gasteiger partial charge in [-0.15, -0.1) is 0 Å². The van der Waals surface area contributed by atoms with Gasteiger partial charge in [0.2, 0.25) is 5.91 Å². The van der Waals surface area contributed by atoms with Crippen molar-refractivity contribution in [1.29, 1.82) is 0 Å². The molecule has 1 aliphatic heterocycles. The molecule has 4 aromatic rings. The third kappa shape index (κ3) is 4.55. The van der Waals surface area contributed by atoms with Gasteiger partial charge in [0.25, 0.3) is 5.91 Å². The molecule has 0 spiro atoms. The van der Waals surface area contributed by atoms with Crippen molar-refractivity contribution < 1.29 is 14.3 Å². The first-order chi connectivity index (χ1) is 17.4. The lowest BCUT2D eigenvalue weighted by atomic mass is 9.93. The van der Waals surface area contributed by atoms with Gasteiger partial charge in [-0.1, -0.05) is 18.2 Å². The van der Waals surface area contributed by atoms with Gasteiger partial charge in [-0.25, -0.2) is 4.98 Å². The zero-order valence-corrected chi connectivity index (χ0v) is 20.2. The van der Waals surface area contributed by atoms with Crippen LogP contribution in [0.3, 0.4) is 0 Å². The van der Waals surface area contributed by atoms with Crippen LogP contribution in [-0.2, 0) is 4.79 Å². The number of piperidine rings is 1. The molecule has 2 aromatic carbocycles. The molecule has 8 nitrogen and oxygen atoms in total. The minimum atomic E-state index is -0.581. The van der Waals surface area contributed by atoms with Crippen LogP contribution in [-0.4, -0.2) is 44.2 Å². The Labute approximate surface area is 213 Å². The predicted molar refractivity (Wildman–Crippen MR) is 137 cm³/mol. The van der Waals surface area contributed by atoms with E-state index in [9.17, 15) is 9.59 Å². The van der Waals surface area contributed by atoms with Crippen molar-refractivity contribution >= 4 is 29.1 Å². The summed E-state index contributed by atoms with van der Waals surface area (Å²) in [6.45, 7) is 4.80. The van der Waals surface area contributed by atoms with Crippen LogP contribution in [0.2, 0.25) is 5.02 Å². The maximum atomic E-state index is 12.5. The summed E-state index contributed by atoms with van der Waals surface area (Å²) in [5, 5.41) is 0.633. The molecule has 0 unspecified atom stereocenters. The Bertz CT molecular complexity index is 1440. The summed E-state index contributed by atoms with van der Waals surface area (Å²) in [5.41, 5.74) is 8.68. The van der Waals surface area contributed by atoms with Crippen molar-refractivity contribution in [3.63, 3.8) is 0 Å². The molecule has 2 N–H and O–H groups in total. The van der Waals surface area contributed by atoms with E-state index in [2.05, 4.69) is 11.6 Å². The van der Waals surface area contributed by atoms with Crippen molar-refractivity contribution in [2.24, 2.45) is 5.73 Å². The second-order valence-corrected chi connectivity index (χ2v) is 9.00. The second-order valence-electron chi connectivity index (χ2n) is 8.56. The Morgan fingerprint density at radius 1 is 1.06 bits per heavy atom. The highest BCUT2D eigenvalue weighted by Crippen LogP contribution is 2.33. The molecule has 36 heavy (non-hydrogen) atoms. The first-order valence-corrected chi connectivity index (χ1v) is 11.9. The molecule has 2 aromatic heterocycles. The van der Waals surface area contributed by atoms with E-state index in [0.29, 0.717) is 46.6 Å². The molecule has 182 valence electrons. The smallest absolute Gasteiger partial charge is 0.268 e. The number of hydrogen-bond acceptors (Lipinski definition) is 5. The minimum absolute atomic E-state index is 0.0674. The largest absolute Gasteiger partial charge is 0.457 e. The number of rotatable bonds is 6. The van der Waals surface area contributed by atoms with Gasteiger partial charge in [0.1, 0.15) is 22.9 Å². The van der Waals surface area contributed by atoms with Crippen molar-refractivity contribution in [1.82, 2.24) is 19.3 Å². The summed E-state index contributed by atoms with van der Waals surface area (Å²) < 4.78 is 7.58. The van der Waals surface area contributed by atoms with E-state index in [4.69, 9.17) is 27.1 Å². The number of amides is 2. The fourth-order valence-corrected chi connectivity index (χ4v) is 4.67. The van der Waals surface area contributed by atoms with Crippen molar-refractivity contribution in [2.45, 2.75) is 18.8 Å². The summed E-state index contributed by atoms with van der Waals surface area (Å²) in [6.07, 6.45) is 6.19. The third-order valence-corrected chi connectivity index (χ3v) is 6.60. The summed E-state index contributed by atoms with van der Waals surface area (Å²) in [5.74, 6) is 0.751. The lowest BCUT2D eigenvalue weighted by Gasteiger charge is -2.31. The number of primary amides is 1. The van der Waals surface area contributed by atoms with Gasteiger partial charge in [-0.05, 0) is 67.4 Å². The van der Waals surface area contributed by atoms with Gasteiger partial charge in [0, 0.05) is 42.0 Å². The van der Waals surface area contributed by atoms with Crippen molar-refractivity contribution in [3.05, 3.63) is 90.0 Å². The number of halogens is 1. The van der Waals surface area contributed by atoms with Crippen molar-refractivity contribution in [3.8, 4) is 22.8 Å². The maximum absolute atomic E-state index is 12.5. The first-order valence-electron chi connectivity index (χ1n) is 11.6. The molecule has 0 radical (unpaired) electrons. The fraction of sp³-hybridized carbons (Fsp3) is 0.185. The number of nitrogens with two attached hydrogens (primary N) is 1. The van der Waals surface area contributed by atoms with Crippen LogP contribution in [0.5, 0.6) is 11.5 Å². The molecule has 9 heteroatoms. The van der Waals surface area contributed by atoms with Crippen LogP contribution in [0.25, 0.3) is 16.9 Å². The summed E-state index contributed by atoms with van der Waals surface area (Å²) in [6, 6.07) is 14.4. The van der Waals surface area contributed by atoms with Crippen molar-refractivity contribution in [2.75, 3.05) is 13.1 Å². The van der Waals surface area contributed by atoms with E-state index in [1.165, 1.54) is 6.08 Å². The Morgan fingerprint density at radius 3 is 2.31 bits per heavy atom. The Hall–Kier alpha value is -4.17. The SMILES string of the molecule is C=CC(=O)N1CCC(c2nccn3c(C(N)=O)c(-c4ccc(Oc5ccc(Cl)cc5)cc4)nc23)CC1. The maximum Gasteiger partial charge on any atom is 0.268 e. The lowest BCUT2D eigenvalue weighted by Crippen LogP contribution is -2.37. The summed E-state index contributed by atoms with van der Waals surface area (Å²) in [7, 11) is 0. The molecule has 1 aliphatic rings. The molecule has 1 saturated heterocycles. The Kier molecular flexibility index (Phi) is 6.43. The molecule has 3 heterocycles. The molecule has 5 rings (SSSR count). The number of aromatic nitrogens is 3. The average Bonchev–Trinajstić information content (AvgIpc) is 3.30. The summed E-state index contributed by atoms with van der Waals surface area (Å²) >= 11 is 5.94. The van der Waals surface area contributed by atoms with Gasteiger partial charge >= 0.3 is 0 Å². The van der Waals surface area contributed by atoms with Crippen LogP contribution in [0.4, 0.5) is 0 Å². The number of benzene rings is 2. The minimum Gasteiger partial charge on any atom is -0.457 e. The molecule has 2 amide bonds. The van der Waals surface area contributed by atoms with E-state index in [1.54, 1.807) is 46.0 Å². The van der Waals surface area contributed by atoms with Crippen LogP contribution in [0.15, 0.2) is 73.6 Å². The quantitative estimate of drug-likeness (QED) is 0.381. The van der Waals surface area contributed by atoms with E-state index in [-0.39, 0.29) is 11.8 Å². The van der Waals surface area contributed by atoms with Crippen LogP contribution < -0.4 is 10.5 Å². The number of likely N-dealkylation sites (tertiary alicyclic amines) is 1. The molecule has 0 saturated carbocycles. The van der Waals surface area contributed by atoms with Gasteiger partial charge in [0.05, 0.1) is 5.69 Å². The topological polar surface area (TPSA) is 103 Å². The molecule has 0 atom stereocenters. The highest BCUT2D eigenvalue weighted by Gasteiger charge is 2.28. The monoisotopic (exact) mass is 501 g/mol. The second kappa shape index (κ2) is 9.83. The van der Waals surface area contributed by atoms with Gasteiger partial charge < -0.3 is 15.4 Å². The van der Waals surface area contributed by atoms with E-state index in [1.807, 2.05) is 24.3 Å². The Morgan fingerprint density at radius 2 is 1.69 bits per heavy atom. The van der Waals surface area contributed by atoms with Gasteiger partial charge in [-0.3, -0.25) is 19.0 Å². The third-order valence-electron chi connectivity index (χ3n) is 6.35. The summed E-state index contributed by atoms with van der Waals surface area (Å²) in [4.78, 5) is 35.7. The van der Waals surface area contributed by atoms with E-state index < -0.39 is 5.91 Å². The molecular weight excluding hydrogens is 478 g/mol. The molecule has 1 fully saturated rings. The van der Waals surface area contributed by atoms with Gasteiger partial charge in [-0.2, -0.15) is 0 Å². The fourth-order valence-electron chi connectivity index (χ4n) is 4.54. The number of imidazole rings is 1. The standard InChI is InChI=1S/C27H24ClN5O3/c1-2-22(34)32-14-11-18(12-15-32)24-27-31-23(25(26(29)35)33(27)16-13-30-24)17-3-7-20(8-4-17)36-21-9-5-19(28)6-10-21/h2-10,13,16,18H,1,11-12,14-15H2,(H2,29,35). The molecular formula is C27H24ClN5O3. The van der Waals surface area contributed by atoms with E-state index in [0.717, 1.165) is 24.1 Å². The van der Waals surface area contributed by atoms with Crippen LogP contribution in [0, 0.1) is 0 Å². The van der Waals surface area contributed by atoms with Gasteiger partial charge in [0.15, 0.2) is 5.65 Å². The number of fused-ring (bicyclic) bond motifs is 1. The highest BCUT2D eigenvalue weighted by molar-refractivity contribution is 6.30. The highest BCUT2D eigenvalue weighted by atomic mass is 35.5. The number of nitrogens with zero attached hydrogens (tertiary/aromatic N) is 4. The van der Waals surface area contributed by atoms with E-state index >= 15 is 0 Å². The predicted octanol–water partition coefficient (Wildman–Crippen LogP) is 4.83. The first kappa shape index (κ1) is 23.6. The molecule has 0 bridgehead atoms. The molecule has 0 aliphatic carbocycles.